The van der Waals surface area contributed by atoms with Crippen LogP contribution in [0.4, 0.5) is 11.4 Å². The second kappa shape index (κ2) is 8.43. The molecule has 0 atom stereocenters. The predicted octanol–water partition coefficient (Wildman–Crippen LogP) is 2.53. The van der Waals surface area contributed by atoms with Gasteiger partial charge in [0.05, 0.1) is 18.8 Å². The van der Waals surface area contributed by atoms with Crippen LogP contribution in [-0.4, -0.2) is 32.3 Å². The standard InChI is InChI=1S/C15H24N2O3/c1-4-20-15(18)13-9-12(16)5-6-14(13)17-7-8-19-10-11(2)3/h5-6,9,11,17H,4,7-8,10,16H2,1-3H3. The van der Waals surface area contributed by atoms with Gasteiger partial charge in [0.15, 0.2) is 0 Å². The van der Waals surface area contributed by atoms with Gasteiger partial charge in [-0.2, -0.15) is 0 Å². The first-order chi connectivity index (χ1) is 9.54. The van der Waals surface area contributed by atoms with Gasteiger partial charge in [0.1, 0.15) is 0 Å². The first-order valence-electron chi connectivity index (χ1n) is 6.92. The monoisotopic (exact) mass is 280 g/mol. The van der Waals surface area contributed by atoms with Gasteiger partial charge in [-0.3, -0.25) is 0 Å². The number of nitrogen functional groups attached to an aromatic ring is 1. The van der Waals surface area contributed by atoms with Crippen molar-refractivity contribution in [3.63, 3.8) is 0 Å². The zero-order valence-electron chi connectivity index (χ0n) is 12.4. The van der Waals surface area contributed by atoms with Gasteiger partial charge >= 0.3 is 5.97 Å². The average molecular weight is 280 g/mol. The molecule has 0 aromatic heterocycles. The van der Waals surface area contributed by atoms with Crippen LogP contribution in [0.3, 0.4) is 0 Å². The molecule has 1 aromatic carbocycles. The molecule has 0 heterocycles. The van der Waals surface area contributed by atoms with Crippen molar-refractivity contribution < 1.29 is 14.3 Å². The van der Waals surface area contributed by atoms with Gasteiger partial charge in [-0.15, -0.1) is 0 Å². The van der Waals surface area contributed by atoms with Crippen molar-refractivity contribution in [2.45, 2.75) is 20.8 Å². The van der Waals surface area contributed by atoms with E-state index in [0.29, 0.717) is 42.6 Å². The van der Waals surface area contributed by atoms with E-state index < -0.39 is 0 Å². The molecule has 0 bridgehead atoms. The van der Waals surface area contributed by atoms with Crippen LogP contribution < -0.4 is 11.1 Å². The molecule has 0 spiro atoms. The Labute approximate surface area is 120 Å². The van der Waals surface area contributed by atoms with Gasteiger partial charge in [0.2, 0.25) is 0 Å². The fourth-order valence-electron chi connectivity index (χ4n) is 1.67. The first-order valence-corrected chi connectivity index (χ1v) is 6.92. The summed E-state index contributed by atoms with van der Waals surface area (Å²) in [5.74, 6) is 0.145. The Balaban J connectivity index is 2.58. The van der Waals surface area contributed by atoms with E-state index in [4.69, 9.17) is 15.2 Å². The number of benzene rings is 1. The van der Waals surface area contributed by atoms with Gasteiger partial charge in [0.25, 0.3) is 0 Å². The highest BCUT2D eigenvalue weighted by atomic mass is 16.5. The normalized spacial score (nSPS) is 10.6. The minimum Gasteiger partial charge on any atom is -0.462 e. The molecule has 0 aliphatic carbocycles. The van der Waals surface area contributed by atoms with Crippen LogP contribution in [0.25, 0.3) is 0 Å². The van der Waals surface area contributed by atoms with Gasteiger partial charge in [-0.1, -0.05) is 13.8 Å². The summed E-state index contributed by atoms with van der Waals surface area (Å²) in [7, 11) is 0. The molecule has 0 fully saturated rings. The molecule has 0 amide bonds. The summed E-state index contributed by atoms with van der Waals surface area (Å²) in [4.78, 5) is 11.8. The van der Waals surface area contributed by atoms with E-state index in [0.717, 1.165) is 6.61 Å². The van der Waals surface area contributed by atoms with Crippen molar-refractivity contribution in [2.24, 2.45) is 5.92 Å². The van der Waals surface area contributed by atoms with Crippen LogP contribution in [0, 0.1) is 5.92 Å². The predicted molar refractivity (Wildman–Crippen MR) is 81.0 cm³/mol. The zero-order chi connectivity index (χ0) is 15.0. The van der Waals surface area contributed by atoms with Crippen molar-refractivity contribution >= 4 is 17.3 Å². The van der Waals surface area contributed by atoms with E-state index in [1.807, 2.05) is 0 Å². The Morgan fingerprint density at radius 3 is 2.80 bits per heavy atom. The Hall–Kier alpha value is -1.75. The molecule has 3 N–H and O–H groups in total. The smallest absolute Gasteiger partial charge is 0.340 e. The summed E-state index contributed by atoms with van der Waals surface area (Å²) in [5.41, 5.74) is 7.42. The quantitative estimate of drug-likeness (QED) is 0.435. The molecule has 0 radical (unpaired) electrons. The maximum Gasteiger partial charge on any atom is 0.340 e. The molecule has 0 saturated carbocycles. The number of nitrogens with two attached hydrogens (primary N) is 1. The Bertz CT molecular complexity index is 433. The third-order valence-electron chi connectivity index (χ3n) is 2.55. The molecule has 5 heteroatoms. The lowest BCUT2D eigenvalue weighted by Crippen LogP contribution is -2.15. The number of carbonyl (C=O) groups excluding carboxylic acids is 1. The molecular formula is C15H24N2O3. The second-order valence-electron chi connectivity index (χ2n) is 4.92. The minimum absolute atomic E-state index is 0.338. The van der Waals surface area contributed by atoms with Crippen LogP contribution in [0.5, 0.6) is 0 Å². The molecule has 0 saturated heterocycles. The highest BCUT2D eigenvalue weighted by Gasteiger charge is 2.12. The Morgan fingerprint density at radius 2 is 2.15 bits per heavy atom. The van der Waals surface area contributed by atoms with Crippen molar-refractivity contribution in [3.05, 3.63) is 23.8 Å². The topological polar surface area (TPSA) is 73.6 Å². The number of hydrogen-bond acceptors (Lipinski definition) is 5. The largest absolute Gasteiger partial charge is 0.462 e. The Kier molecular flexibility index (Phi) is 6.87. The maximum atomic E-state index is 11.8. The van der Waals surface area contributed by atoms with Crippen molar-refractivity contribution in [2.75, 3.05) is 37.4 Å². The molecule has 1 rings (SSSR count). The highest BCUT2D eigenvalue weighted by molar-refractivity contribution is 5.96. The number of ether oxygens (including phenoxy) is 2. The fraction of sp³-hybridized carbons (Fsp3) is 0.533. The number of rotatable bonds is 8. The van der Waals surface area contributed by atoms with Crippen molar-refractivity contribution in [1.29, 1.82) is 0 Å². The number of esters is 1. The van der Waals surface area contributed by atoms with E-state index in [1.54, 1.807) is 25.1 Å². The number of anilines is 2. The van der Waals surface area contributed by atoms with Crippen LogP contribution in [0.1, 0.15) is 31.1 Å². The third kappa shape index (κ3) is 5.48. The lowest BCUT2D eigenvalue weighted by atomic mass is 10.1. The van der Waals surface area contributed by atoms with Crippen LogP contribution in [0.2, 0.25) is 0 Å². The number of carbonyl (C=O) groups is 1. The molecular weight excluding hydrogens is 256 g/mol. The van der Waals surface area contributed by atoms with Gasteiger partial charge < -0.3 is 20.5 Å². The first kappa shape index (κ1) is 16.3. The third-order valence-corrected chi connectivity index (χ3v) is 2.55. The maximum absolute atomic E-state index is 11.8. The van der Waals surface area contributed by atoms with Crippen LogP contribution >= 0.6 is 0 Å². The number of nitrogens with one attached hydrogen (secondary N) is 1. The van der Waals surface area contributed by atoms with E-state index >= 15 is 0 Å². The minimum atomic E-state index is -0.370. The summed E-state index contributed by atoms with van der Waals surface area (Å²) in [6.07, 6.45) is 0. The summed E-state index contributed by atoms with van der Waals surface area (Å²) in [5, 5.41) is 3.17. The van der Waals surface area contributed by atoms with Crippen LogP contribution in [0.15, 0.2) is 18.2 Å². The SMILES string of the molecule is CCOC(=O)c1cc(N)ccc1NCCOCC(C)C. The van der Waals surface area contributed by atoms with Gasteiger partial charge in [-0.05, 0) is 31.0 Å². The molecule has 0 aliphatic rings. The Morgan fingerprint density at radius 1 is 1.40 bits per heavy atom. The molecule has 112 valence electrons. The van der Waals surface area contributed by atoms with E-state index in [-0.39, 0.29) is 5.97 Å². The lowest BCUT2D eigenvalue weighted by molar-refractivity contribution is 0.0527. The summed E-state index contributed by atoms with van der Waals surface area (Å²) in [6, 6.07) is 5.15. The summed E-state index contributed by atoms with van der Waals surface area (Å²) >= 11 is 0. The molecule has 0 aliphatic heterocycles. The van der Waals surface area contributed by atoms with Crippen molar-refractivity contribution in [1.82, 2.24) is 0 Å². The number of hydrogen-bond donors (Lipinski definition) is 2. The fourth-order valence-corrected chi connectivity index (χ4v) is 1.67. The van der Waals surface area contributed by atoms with E-state index in [9.17, 15) is 4.79 Å². The average Bonchev–Trinajstić information content (AvgIpc) is 2.39. The molecule has 1 aromatic rings. The molecule has 5 nitrogen and oxygen atoms in total. The van der Waals surface area contributed by atoms with Crippen LogP contribution in [-0.2, 0) is 9.47 Å². The van der Waals surface area contributed by atoms with Gasteiger partial charge in [0, 0.05) is 24.5 Å². The zero-order valence-corrected chi connectivity index (χ0v) is 12.4. The summed E-state index contributed by atoms with van der Waals surface area (Å²) in [6.45, 7) is 8.27. The van der Waals surface area contributed by atoms with Crippen molar-refractivity contribution in [3.8, 4) is 0 Å². The molecule has 20 heavy (non-hydrogen) atoms. The van der Waals surface area contributed by atoms with E-state index in [1.165, 1.54) is 0 Å². The lowest BCUT2D eigenvalue weighted by Gasteiger charge is -2.13. The highest BCUT2D eigenvalue weighted by Crippen LogP contribution is 2.19. The molecule has 0 unspecified atom stereocenters. The second-order valence-corrected chi connectivity index (χ2v) is 4.92. The van der Waals surface area contributed by atoms with Gasteiger partial charge in [-0.25, -0.2) is 4.79 Å². The van der Waals surface area contributed by atoms with E-state index in [2.05, 4.69) is 19.2 Å². The summed E-state index contributed by atoms with van der Waals surface area (Å²) < 4.78 is 10.5.